The van der Waals surface area contributed by atoms with E-state index in [0.29, 0.717) is 30.2 Å². The van der Waals surface area contributed by atoms with Crippen LogP contribution in [0.1, 0.15) is 157 Å². The first-order chi connectivity index (χ1) is 28.8. The Morgan fingerprint density at radius 2 is 1.60 bits per heavy atom. The standard InChI is InChI=1S/C51H72N4O7/c1-28(2)39-34(56)25-51(26-38(57)52-27-45(3,4)55-42(58)41-53-32-14-12-13-15-33(32)54-41)23-22-49(10)29(40(39)51)16-17-36-48(9)20-19-37(47(7,8)35(48)18-21-50(36,49)11)62-44(61)31-24-30(43(59)60)46(31,5)6/h12-15,28-31,35-37H,16-27H2,1-11H3,(H,52,57)(H,53,54)(H,55,58)(H,59,60)/t29-,30+,31-,35+,36-,37+,48+,49-,50-,51+/m1/s1. The van der Waals surface area contributed by atoms with Crippen LogP contribution in [0.5, 0.6) is 0 Å². The third-order valence-corrected chi connectivity index (χ3v) is 18.9. The van der Waals surface area contributed by atoms with Gasteiger partial charge in [0.25, 0.3) is 5.91 Å². The van der Waals surface area contributed by atoms with Gasteiger partial charge in [-0.3, -0.25) is 24.0 Å². The van der Waals surface area contributed by atoms with Crippen LogP contribution < -0.4 is 10.6 Å². The van der Waals surface area contributed by atoms with Crippen LogP contribution in [0.4, 0.5) is 0 Å². The second-order valence-electron chi connectivity index (χ2n) is 23.7. The van der Waals surface area contributed by atoms with Crippen molar-refractivity contribution < 1.29 is 33.8 Å². The van der Waals surface area contributed by atoms with Gasteiger partial charge in [-0.1, -0.05) is 80.0 Å². The number of imidazole rings is 1. The zero-order valence-corrected chi connectivity index (χ0v) is 39.2. The van der Waals surface area contributed by atoms with Gasteiger partial charge in [0.2, 0.25) is 5.91 Å². The molecule has 0 saturated heterocycles. The van der Waals surface area contributed by atoms with Crippen molar-refractivity contribution in [1.82, 2.24) is 20.6 Å². The third kappa shape index (κ3) is 6.70. The maximum Gasteiger partial charge on any atom is 0.309 e. The molecule has 6 aliphatic carbocycles. The highest BCUT2D eigenvalue weighted by Crippen LogP contribution is 2.77. The smallest absolute Gasteiger partial charge is 0.309 e. The van der Waals surface area contributed by atoms with E-state index in [-0.39, 0.29) is 82.0 Å². The number of amides is 2. The van der Waals surface area contributed by atoms with Crippen LogP contribution in [0, 0.1) is 68.0 Å². The van der Waals surface area contributed by atoms with Crippen LogP contribution in [0.25, 0.3) is 11.0 Å². The summed E-state index contributed by atoms with van der Waals surface area (Å²) in [6.45, 7) is 24.2. The molecule has 11 nitrogen and oxygen atoms in total. The number of esters is 1. The molecule has 2 aromatic rings. The molecule has 1 heterocycles. The summed E-state index contributed by atoms with van der Waals surface area (Å²) in [7, 11) is 0. The number of nitrogens with one attached hydrogen (secondary N) is 3. The zero-order valence-electron chi connectivity index (χ0n) is 39.2. The first-order valence-electron chi connectivity index (χ1n) is 23.6. The number of ether oxygens (including phenoxy) is 1. The minimum atomic E-state index is -0.841. The number of nitrogens with zero attached hydrogens (tertiary/aromatic N) is 1. The van der Waals surface area contributed by atoms with Crippen molar-refractivity contribution >= 4 is 40.6 Å². The van der Waals surface area contributed by atoms with E-state index in [0.717, 1.165) is 62.5 Å². The summed E-state index contributed by atoms with van der Waals surface area (Å²) in [6.07, 6.45) is 8.43. The van der Waals surface area contributed by atoms with E-state index in [9.17, 15) is 29.1 Å². The highest BCUT2D eigenvalue weighted by atomic mass is 16.5. The van der Waals surface area contributed by atoms with Gasteiger partial charge in [0.05, 0.1) is 28.4 Å². The van der Waals surface area contributed by atoms with Crippen LogP contribution in [-0.4, -0.2) is 62.8 Å². The molecule has 2 amide bonds. The number of aliphatic carboxylic acids is 1. The first-order valence-corrected chi connectivity index (χ1v) is 23.6. The van der Waals surface area contributed by atoms with Gasteiger partial charge < -0.3 is 25.5 Å². The van der Waals surface area contributed by atoms with Crippen molar-refractivity contribution in [3.8, 4) is 0 Å². The van der Waals surface area contributed by atoms with E-state index >= 15 is 0 Å². The van der Waals surface area contributed by atoms with Crippen LogP contribution in [-0.2, 0) is 23.9 Å². The van der Waals surface area contributed by atoms with Gasteiger partial charge >= 0.3 is 11.9 Å². The number of rotatable bonds is 10. The van der Waals surface area contributed by atoms with Gasteiger partial charge in [0, 0.05) is 30.2 Å². The second-order valence-corrected chi connectivity index (χ2v) is 23.7. The molecule has 5 fully saturated rings. The predicted octanol–water partition coefficient (Wildman–Crippen LogP) is 9.22. The molecule has 0 spiro atoms. The fraction of sp³-hybridized carbons (Fsp3) is 0.725. The van der Waals surface area contributed by atoms with Crippen LogP contribution in [0.3, 0.4) is 0 Å². The summed E-state index contributed by atoms with van der Waals surface area (Å²) >= 11 is 0. The Morgan fingerprint density at radius 1 is 0.887 bits per heavy atom. The van der Waals surface area contributed by atoms with E-state index in [1.807, 2.05) is 52.0 Å². The third-order valence-electron chi connectivity index (χ3n) is 18.9. The molecule has 5 saturated carbocycles. The van der Waals surface area contributed by atoms with Gasteiger partial charge in [0.15, 0.2) is 11.6 Å². The Balaban J connectivity index is 0.983. The van der Waals surface area contributed by atoms with Crippen molar-refractivity contribution in [1.29, 1.82) is 0 Å². The van der Waals surface area contributed by atoms with Crippen LogP contribution in [0.15, 0.2) is 35.4 Å². The fourth-order valence-corrected chi connectivity index (χ4v) is 15.3. The lowest BCUT2D eigenvalue weighted by molar-refractivity contribution is -0.236. The Kier molecular flexibility index (Phi) is 10.6. The molecule has 62 heavy (non-hydrogen) atoms. The molecule has 11 heteroatoms. The molecular weight excluding hydrogens is 781 g/mol. The molecule has 8 rings (SSSR count). The molecule has 6 aliphatic rings. The number of aromatic amines is 1. The van der Waals surface area contributed by atoms with Crippen LogP contribution >= 0.6 is 0 Å². The van der Waals surface area contributed by atoms with Crippen molar-refractivity contribution in [2.24, 2.45) is 68.0 Å². The average Bonchev–Trinajstić information content (AvgIpc) is 3.74. The molecule has 10 atom stereocenters. The van der Waals surface area contributed by atoms with E-state index < -0.39 is 34.2 Å². The highest BCUT2D eigenvalue weighted by Gasteiger charge is 2.70. The second kappa shape index (κ2) is 14.8. The molecule has 1 aromatic heterocycles. The summed E-state index contributed by atoms with van der Waals surface area (Å²) < 4.78 is 6.43. The number of aromatic nitrogens is 2. The van der Waals surface area contributed by atoms with E-state index in [1.165, 1.54) is 5.57 Å². The number of carboxylic acids is 1. The maximum atomic E-state index is 14.2. The molecule has 338 valence electrons. The minimum absolute atomic E-state index is 0.0137. The van der Waals surface area contributed by atoms with Crippen LogP contribution in [0.2, 0.25) is 0 Å². The van der Waals surface area contributed by atoms with E-state index in [1.54, 1.807) is 0 Å². The maximum absolute atomic E-state index is 14.2. The number of hydrogen-bond donors (Lipinski definition) is 4. The van der Waals surface area contributed by atoms with Gasteiger partial charge in [-0.15, -0.1) is 0 Å². The number of ketones is 1. The monoisotopic (exact) mass is 853 g/mol. The summed E-state index contributed by atoms with van der Waals surface area (Å²) in [5.74, 6) is -0.917. The Bertz CT molecular complexity index is 2200. The number of allylic oxidation sites excluding steroid dienone is 2. The average molecular weight is 853 g/mol. The molecule has 0 bridgehead atoms. The molecule has 0 radical (unpaired) electrons. The van der Waals surface area contributed by atoms with Gasteiger partial charge in [-0.2, -0.15) is 0 Å². The SMILES string of the molecule is CC(C)C1=C2[C@H]3CC[C@@H]4[C@@]5(C)CC[C@H](OC(=O)[C@H]6C[C@@H](C(=O)O)C6(C)C)C(C)(C)[C@@H]5CC[C@@]4(C)[C@]3(C)CC[C@@]2(CC(=O)NCC(C)(C)NC(=O)c2nc3ccccc3[nH]2)CC1=O. The molecule has 0 unspecified atom stereocenters. The summed E-state index contributed by atoms with van der Waals surface area (Å²) in [5, 5.41) is 15.9. The first kappa shape index (κ1) is 44.6. The molecular formula is C51H72N4O7. The van der Waals surface area contributed by atoms with Gasteiger partial charge in [-0.05, 0) is 135 Å². The lowest BCUT2D eigenvalue weighted by Crippen LogP contribution is -2.66. The highest BCUT2D eigenvalue weighted by molar-refractivity contribution is 6.01. The molecule has 0 aliphatic heterocycles. The normalized spacial score (nSPS) is 37.1. The van der Waals surface area contributed by atoms with Gasteiger partial charge in [0.1, 0.15) is 6.10 Å². The van der Waals surface area contributed by atoms with E-state index in [2.05, 4.69) is 69.1 Å². The number of carbonyl (C=O) groups is 5. The summed E-state index contributed by atoms with van der Waals surface area (Å²) in [5.41, 5.74) is 1.59. The topological polar surface area (TPSA) is 168 Å². The van der Waals surface area contributed by atoms with Crippen molar-refractivity contribution in [3.63, 3.8) is 0 Å². The van der Waals surface area contributed by atoms with Crippen molar-refractivity contribution in [3.05, 3.63) is 41.2 Å². The van der Waals surface area contributed by atoms with E-state index in [4.69, 9.17) is 4.74 Å². The number of para-hydroxylation sites is 2. The lowest BCUT2D eigenvalue weighted by atomic mass is 9.33. The van der Waals surface area contributed by atoms with Crippen molar-refractivity contribution in [2.45, 2.75) is 158 Å². The van der Waals surface area contributed by atoms with Gasteiger partial charge in [-0.25, -0.2) is 4.98 Å². The molecule has 1 aromatic carbocycles. The number of hydrogen-bond acceptors (Lipinski definition) is 7. The largest absolute Gasteiger partial charge is 0.481 e. The zero-order chi connectivity index (χ0) is 45.2. The predicted molar refractivity (Wildman–Crippen MR) is 238 cm³/mol. The number of carbonyl (C=O) groups excluding carboxylic acids is 4. The fourth-order valence-electron chi connectivity index (χ4n) is 15.3. The summed E-state index contributed by atoms with van der Waals surface area (Å²) in [4.78, 5) is 74.6. The number of fused-ring (bicyclic) bond motifs is 8. The number of H-pyrrole nitrogens is 1. The summed E-state index contributed by atoms with van der Waals surface area (Å²) in [6, 6.07) is 7.50. The Labute approximate surface area is 368 Å². The minimum Gasteiger partial charge on any atom is -0.481 e. The Morgan fingerprint density at radius 3 is 2.26 bits per heavy atom. The number of benzene rings is 1. The number of carboxylic acid groups (broad SMARTS) is 1. The quantitative estimate of drug-likeness (QED) is 0.172. The molecule has 4 N–H and O–H groups in total. The van der Waals surface area contributed by atoms with Crippen molar-refractivity contribution in [2.75, 3.05) is 6.54 Å². The lowest BCUT2D eigenvalue weighted by Gasteiger charge is -2.72. The Hall–Kier alpha value is -4.02. The number of Topliss-reactive ketones (excluding diaryl/α,β-unsaturated/α-hetero) is 1.